The smallest absolute Gasteiger partial charge is 0.0355 e. The number of hydrogen-bond acceptors (Lipinski definition) is 2. The predicted molar refractivity (Wildman–Crippen MR) is 161 cm³/mol. The topological polar surface area (TPSA) is 0 Å². The molecule has 0 atom stereocenters. The molecule has 2 heteroatoms. The summed E-state index contributed by atoms with van der Waals surface area (Å²) in [6.45, 7) is 0. The molecule has 0 aliphatic heterocycles. The maximum atomic E-state index is 2.40. The van der Waals surface area contributed by atoms with Crippen LogP contribution in [-0.2, 0) is 0 Å². The molecule has 0 bridgehead atoms. The summed E-state index contributed by atoms with van der Waals surface area (Å²) in [7, 11) is 0. The van der Waals surface area contributed by atoms with E-state index in [0.29, 0.717) is 0 Å². The van der Waals surface area contributed by atoms with Crippen molar-refractivity contribution in [2.45, 2.75) is 0 Å². The van der Waals surface area contributed by atoms with E-state index in [1.807, 2.05) is 22.7 Å². The fourth-order valence-corrected chi connectivity index (χ4v) is 7.61. The second-order valence-electron chi connectivity index (χ2n) is 9.40. The van der Waals surface area contributed by atoms with E-state index in [4.69, 9.17) is 0 Å². The van der Waals surface area contributed by atoms with Gasteiger partial charge in [0.05, 0.1) is 0 Å². The van der Waals surface area contributed by atoms with Crippen LogP contribution < -0.4 is 0 Å². The van der Waals surface area contributed by atoms with Crippen LogP contribution in [0.5, 0.6) is 0 Å². The zero-order valence-electron chi connectivity index (χ0n) is 19.4. The van der Waals surface area contributed by atoms with Gasteiger partial charge in [-0.3, -0.25) is 0 Å². The van der Waals surface area contributed by atoms with E-state index in [2.05, 4.69) is 121 Å². The molecular weight excluding hydrogens is 473 g/mol. The molecule has 8 rings (SSSR count). The number of thiophene rings is 2. The van der Waals surface area contributed by atoms with Gasteiger partial charge in [-0.25, -0.2) is 0 Å². The molecule has 2 aromatic heterocycles. The van der Waals surface area contributed by atoms with Gasteiger partial charge >= 0.3 is 0 Å². The van der Waals surface area contributed by atoms with Crippen molar-refractivity contribution in [1.82, 2.24) is 0 Å². The maximum Gasteiger partial charge on any atom is 0.0355 e. The normalized spacial score (nSPS) is 11.9. The third kappa shape index (κ3) is 3.12. The summed E-state index contributed by atoms with van der Waals surface area (Å²) in [6, 6.07) is 44.8. The van der Waals surface area contributed by atoms with Gasteiger partial charge in [-0.2, -0.15) is 0 Å². The van der Waals surface area contributed by atoms with Crippen molar-refractivity contribution < 1.29 is 0 Å². The molecule has 36 heavy (non-hydrogen) atoms. The molecule has 0 saturated heterocycles. The van der Waals surface area contributed by atoms with Crippen molar-refractivity contribution in [3.63, 3.8) is 0 Å². The second kappa shape index (κ2) is 7.76. The molecular formula is C34H20S2. The Morgan fingerprint density at radius 1 is 0.333 bits per heavy atom. The van der Waals surface area contributed by atoms with E-state index in [1.165, 1.54) is 73.4 Å². The van der Waals surface area contributed by atoms with Crippen LogP contribution in [0.3, 0.4) is 0 Å². The van der Waals surface area contributed by atoms with E-state index in [-0.39, 0.29) is 0 Å². The van der Waals surface area contributed by atoms with Crippen LogP contribution in [0.4, 0.5) is 0 Å². The Hall–Kier alpha value is -3.98. The molecule has 0 aliphatic rings. The zero-order chi connectivity index (χ0) is 23.6. The number of fused-ring (bicyclic) bond motifs is 7. The summed E-state index contributed by atoms with van der Waals surface area (Å²) in [6.07, 6.45) is 0. The van der Waals surface area contributed by atoms with Crippen LogP contribution in [0.25, 0.3) is 73.4 Å². The summed E-state index contributed by atoms with van der Waals surface area (Å²) in [5.41, 5.74) is 2.57. The maximum absolute atomic E-state index is 2.40. The van der Waals surface area contributed by atoms with Crippen molar-refractivity contribution in [3.05, 3.63) is 121 Å². The summed E-state index contributed by atoms with van der Waals surface area (Å²) < 4.78 is 2.69. The van der Waals surface area contributed by atoms with Crippen molar-refractivity contribution in [2.75, 3.05) is 0 Å². The van der Waals surface area contributed by atoms with Gasteiger partial charge in [0.2, 0.25) is 0 Å². The lowest BCUT2D eigenvalue weighted by Crippen LogP contribution is -1.81. The first-order valence-corrected chi connectivity index (χ1v) is 13.8. The third-order valence-electron chi connectivity index (χ3n) is 7.22. The lowest BCUT2D eigenvalue weighted by atomic mass is 9.96. The second-order valence-corrected chi connectivity index (χ2v) is 11.6. The highest BCUT2D eigenvalue weighted by Crippen LogP contribution is 2.41. The fraction of sp³-hybridized carbons (Fsp3) is 0. The highest BCUT2D eigenvalue weighted by Gasteiger charge is 2.11. The van der Waals surface area contributed by atoms with Gasteiger partial charge < -0.3 is 0 Å². The van der Waals surface area contributed by atoms with E-state index in [0.717, 1.165) is 0 Å². The fourth-order valence-electron chi connectivity index (χ4n) is 5.44. The predicted octanol–water partition coefficient (Wildman–Crippen LogP) is 10.9. The summed E-state index contributed by atoms with van der Waals surface area (Å²) >= 11 is 3.76. The van der Waals surface area contributed by atoms with E-state index >= 15 is 0 Å². The van der Waals surface area contributed by atoms with Crippen LogP contribution in [0.2, 0.25) is 0 Å². The van der Waals surface area contributed by atoms with Crippen molar-refractivity contribution >= 4 is 75.2 Å². The van der Waals surface area contributed by atoms with Crippen LogP contribution in [0.15, 0.2) is 121 Å². The van der Waals surface area contributed by atoms with Crippen LogP contribution >= 0.6 is 22.7 Å². The Morgan fingerprint density at radius 2 is 0.778 bits per heavy atom. The lowest BCUT2D eigenvalue weighted by Gasteiger charge is -2.08. The van der Waals surface area contributed by atoms with E-state index in [9.17, 15) is 0 Å². The Bertz CT molecular complexity index is 1920. The van der Waals surface area contributed by atoms with Gasteiger partial charge in [-0.05, 0) is 90.6 Å². The first-order valence-electron chi connectivity index (χ1n) is 12.2. The zero-order valence-corrected chi connectivity index (χ0v) is 21.0. The minimum absolute atomic E-state index is 1.29. The summed E-state index contributed by atoms with van der Waals surface area (Å²) in [5.74, 6) is 0. The van der Waals surface area contributed by atoms with Crippen LogP contribution in [0.1, 0.15) is 0 Å². The van der Waals surface area contributed by atoms with Gasteiger partial charge in [0, 0.05) is 19.2 Å². The van der Waals surface area contributed by atoms with Crippen molar-refractivity contribution in [1.29, 1.82) is 0 Å². The highest BCUT2D eigenvalue weighted by molar-refractivity contribution is 7.22. The van der Waals surface area contributed by atoms with Crippen molar-refractivity contribution in [2.24, 2.45) is 0 Å². The SMILES string of the molecule is c1ccc(-c2cc3cc4ccc5c6cc7sc(-c8ccccc8)cc7cc6ccc5c4cc3s2)cc1. The molecule has 0 spiro atoms. The Labute approximate surface area is 216 Å². The molecule has 0 aliphatic carbocycles. The molecule has 0 N–H and O–H groups in total. The van der Waals surface area contributed by atoms with Crippen LogP contribution in [0, 0.1) is 0 Å². The largest absolute Gasteiger partial charge is 0.135 e. The molecule has 0 amide bonds. The minimum atomic E-state index is 1.29. The Balaban J connectivity index is 1.34. The van der Waals surface area contributed by atoms with Gasteiger partial charge in [0.15, 0.2) is 0 Å². The standard InChI is InChI=1S/C34H20S2/c1-3-7-21(8-4-1)31-17-25-15-23-11-13-28-27(29(23)19-33(25)35-31)14-12-24-16-26-18-32(22-9-5-2-6-10-22)36-34(26)20-30(24)28/h1-20H. The molecule has 0 saturated carbocycles. The molecule has 8 aromatic rings. The van der Waals surface area contributed by atoms with E-state index < -0.39 is 0 Å². The van der Waals surface area contributed by atoms with Gasteiger partial charge in [-0.15, -0.1) is 22.7 Å². The minimum Gasteiger partial charge on any atom is -0.135 e. The van der Waals surface area contributed by atoms with E-state index in [1.54, 1.807) is 0 Å². The van der Waals surface area contributed by atoms with Crippen molar-refractivity contribution in [3.8, 4) is 20.9 Å². The molecule has 6 aromatic carbocycles. The molecule has 168 valence electrons. The Kier molecular flexibility index (Phi) is 4.36. The first kappa shape index (κ1) is 20.2. The molecule has 0 nitrogen and oxygen atoms in total. The monoisotopic (exact) mass is 492 g/mol. The first-order chi connectivity index (χ1) is 17.8. The third-order valence-corrected chi connectivity index (χ3v) is 9.52. The highest BCUT2D eigenvalue weighted by atomic mass is 32.1. The average molecular weight is 493 g/mol. The molecule has 0 fully saturated rings. The molecule has 2 heterocycles. The summed E-state index contributed by atoms with van der Waals surface area (Å²) in [5, 5.41) is 10.6. The van der Waals surface area contributed by atoms with Gasteiger partial charge in [0.1, 0.15) is 0 Å². The number of rotatable bonds is 2. The van der Waals surface area contributed by atoms with Crippen LogP contribution in [-0.4, -0.2) is 0 Å². The Morgan fingerprint density at radius 3 is 1.22 bits per heavy atom. The van der Waals surface area contributed by atoms with Gasteiger partial charge in [-0.1, -0.05) is 84.9 Å². The van der Waals surface area contributed by atoms with Gasteiger partial charge in [0.25, 0.3) is 0 Å². The number of benzene rings is 6. The molecule has 0 radical (unpaired) electrons. The number of hydrogen-bond donors (Lipinski definition) is 0. The molecule has 0 unspecified atom stereocenters. The average Bonchev–Trinajstić information content (AvgIpc) is 3.55. The quantitative estimate of drug-likeness (QED) is 0.211. The summed E-state index contributed by atoms with van der Waals surface area (Å²) in [4.78, 5) is 2.65. The lowest BCUT2D eigenvalue weighted by molar-refractivity contribution is 1.70.